The minimum absolute atomic E-state index is 0.182. The molecule has 1 N–H and O–H groups in total. The number of esters is 2. The van der Waals surface area contributed by atoms with Crippen molar-refractivity contribution in [1.29, 1.82) is 0 Å². The van der Waals surface area contributed by atoms with Gasteiger partial charge in [0.2, 0.25) is 0 Å². The molecule has 0 aromatic heterocycles. The van der Waals surface area contributed by atoms with Gasteiger partial charge in [0.05, 0.1) is 5.41 Å². The van der Waals surface area contributed by atoms with Crippen LogP contribution < -0.4 is 0 Å². The minimum Gasteiger partial charge on any atom is -0.462 e. The van der Waals surface area contributed by atoms with Gasteiger partial charge in [-0.15, -0.1) is 0 Å². The molecule has 0 heterocycles. The second-order valence-corrected chi connectivity index (χ2v) is 4.35. The molecule has 0 aliphatic rings. The molecule has 104 valence electrons. The third-order valence-electron chi connectivity index (χ3n) is 3.04. The summed E-state index contributed by atoms with van der Waals surface area (Å²) in [5.74, 6) is -0.964. The van der Waals surface area contributed by atoms with Gasteiger partial charge in [0.15, 0.2) is 0 Å². The fourth-order valence-electron chi connectivity index (χ4n) is 1.17. The van der Waals surface area contributed by atoms with Crippen molar-refractivity contribution in [3.63, 3.8) is 0 Å². The van der Waals surface area contributed by atoms with Crippen LogP contribution in [0, 0.1) is 5.41 Å². The summed E-state index contributed by atoms with van der Waals surface area (Å²) in [5, 5.41) is 9.46. The second kappa shape index (κ2) is 7.87. The van der Waals surface area contributed by atoms with Gasteiger partial charge in [-0.3, -0.25) is 4.79 Å². The monoisotopic (exact) mass is 258 g/mol. The molecule has 5 heteroatoms. The third-order valence-corrected chi connectivity index (χ3v) is 3.04. The number of carbonyl (C=O) groups is 2. The van der Waals surface area contributed by atoms with Crippen LogP contribution in [0.3, 0.4) is 0 Å². The lowest BCUT2D eigenvalue weighted by Crippen LogP contribution is -2.32. The molecule has 5 nitrogen and oxygen atoms in total. The predicted molar refractivity (Wildman–Crippen MR) is 66.8 cm³/mol. The van der Waals surface area contributed by atoms with Gasteiger partial charge in [-0.1, -0.05) is 20.4 Å². The van der Waals surface area contributed by atoms with Crippen molar-refractivity contribution in [1.82, 2.24) is 0 Å². The summed E-state index contributed by atoms with van der Waals surface area (Å²) in [6.07, 6.45) is 1.33. The first-order valence-electron chi connectivity index (χ1n) is 6.04. The molecule has 0 bridgehead atoms. The first-order valence-corrected chi connectivity index (χ1v) is 6.04. The number of carbonyl (C=O) groups excluding carboxylic acids is 2. The molecule has 0 spiro atoms. The molecule has 1 atom stereocenters. The van der Waals surface area contributed by atoms with Gasteiger partial charge >= 0.3 is 11.9 Å². The lowest BCUT2D eigenvalue weighted by molar-refractivity contribution is -0.160. The Bertz CT molecular complexity index is 294. The second-order valence-electron chi connectivity index (χ2n) is 4.35. The molecular weight excluding hydrogens is 236 g/mol. The Morgan fingerprint density at radius 2 is 1.78 bits per heavy atom. The number of hydrogen-bond acceptors (Lipinski definition) is 5. The van der Waals surface area contributed by atoms with Crippen LogP contribution in [0.2, 0.25) is 0 Å². The van der Waals surface area contributed by atoms with Crippen LogP contribution in [0.4, 0.5) is 0 Å². The summed E-state index contributed by atoms with van der Waals surface area (Å²) >= 11 is 0. The van der Waals surface area contributed by atoms with Gasteiger partial charge in [0.25, 0.3) is 0 Å². The highest BCUT2D eigenvalue weighted by Crippen LogP contribution is 2.26. The number of rotatable bonds is 8. The molecule has 0 fully saturated rings. The Morgan fingerprint density at radius 1 is 1.28 bits per heavy atom. The predicted octanol–water partition coefficient (Wildman–Crippen LogP) is 1.45. The molecule has 0 rings (SSSR count). The smallest absolute Gasteiger partial charge is 0.330 e. The van der Waals surface area contributed by atoms with Crippen LogP contribution in [-0.4, -0.2) is 36.4 Å². The zero-order valence-corrected chi connectivity index (χ0v) is 11.3. The van der Waals surface area contributed by atoms with Crippen LogP contribution in [0.15, 0.2) is 12.7 Å². The minimum atomic E-state index is -1.02. The quantitative estimate of drug-likeness (QED) is 0.527. The highest BCUT2D eigenvalue weighted by atomic mass is 16.6. The van der Waals surface area contributed by atoms with Crippen molar-refractivity contribution in [2.45, 2.75) is 39.7 Å². The van der Waals surface area contributed by atoms with Crippen molar-refractivity contribution < 1.29 is 24.2 Å². The lowest BCUT2D eigenvalue weighted by Gasteiger charge is -2.24. The van der Waals surface area contributed by atoms with E-state index in [2.05, 4.69) is 11.3 Å². The Morgan fingerprint density at radius 3 is 2.22 bits per heavy atom. The standard InChI is InChI=1S/C13H22O5/c1-5-11(15)17-8-10(14)9-18-12(16)13(4,6-2)7-3/h5,10,14H,1,6-9H2,2-4H3. The maximum absolute atomic E-state index is 11.8. The van der Waals surface area contributed by atoms with Crippen LogP contribution in [0.25, 0.3) is 0 Å². The van der Waals surface area contributed by atoms with E-state index >= 15 is 0 Å². The molecule has 0 aromatic rings. The van der Waals surface area contributed by atoms with Crippen molar-refractivity contribution in [2.75, 3.05) is 13.2 Å². The van der Waals surface area contributed by atoms with Gasteiger partial charge < -0.3 is 14.6 Å². The van der Waals surface area contributed by atoms with E-state index in [1.165, 1.54) is 0 Å². The lowest BCUT2D eigenvalue weighted by atomic mass is 9.85. The number of aliphatic hydroxyl groups is 1. The molecule has 1 unspecified atom stereocenters. The summed E-state index contributed by atoms with van der Waals surface area (Å²) in [7, 11) is 0. The summed E-state index contributed by atoms with van der Waals surface area (Å²) in [5.41, 5.74) is -0.530. The third kappa shape index (κ3) is 5.31. The van der Waals surface area contributed by atoms with E-state index in [4.69, 9.17) is 4.74 Å². The maximum Gasteiger partial charge on any atom is 0.330 e. The van der Waals surface area contributed by atoms with E-state index in [1.807, 2.05) is 20.8 Å². The topological polar surface area (TPSA) is 72.8 Å². The fourth-order valence-corrected chi connectivity index (χ4v) is 1.17. The Balaban J connectivity index is 4.05. The van der Waals surface area contributed by atoms with E-state index in [0.717, 1.165) is 6.08 Å². The summed E-state index contributed by atoms with van der Waals surface area (Å²) in [6.45, 7) is 8.47. The number of aliphatic hydroxyl groups excluding tert-OH is 1. The SMILES string of the molecule is C=CC(=O)OCC(O)COC(=O)C(C)(CC)CC. The molecular formula is C13H22O5. The molecule has 18 heavy (non-hydrogen) atoms. The molecule has 0 aliphatic heterocycles. The summed E-state index contributed by atoms with van der Waals surface area (Å²) in [4.78, 5) is 22.5. The summed E-state index contributed by atoms with van der Waals surface area (Å²) in [6, 6.07) is 0. The fraction of sp³-hybridized carbons (Fsp3) is 0.692. The van der Waals surface area contributed by atoms with Gasteiger partial charge in [-0.25, -0.2) is 4.79 Å². The Labute approximate surface area is 108 Å². The zero-order valence-electron chi connectivity index (χ0n) is 11.3. The van der Waals surface area contributed by atoms with Crippen LogP contribution in [0.5, 0.6) is 0 Å². The molecule has 0 aromatic carbocycles. The van der Waals surface area contributed by atoms with Crippen molar-refractivity contribution in [3.8, 4) is 0 Å². The molecule has 0 radical (unpaired) electrons. The van der Waals surface area contributed by atoms with Gasteiger partial charge in [-0.05, 0) is 19.8 Å². The van der Waals surface area contributed by atoms with E-state index in [0.29, 0.717) is 12.8 Å². The van der Waals surface area contributed by atoms with Gasteiger partial charge in [0.1, 0.15) is 19.3 Å². The van der Waals surface area contributed by atoms with E-state index in [-0.39, 0.29) is 19.2 Å². The molecule has 0 amide bonds. The number of ether oxygens (including phenoxy) is 2. The molecule has 0 saturated carbocycles. The molecule has 0 saturated heterocycles. The first-order chi connectivity index (χ1) is 8.39. The maximum atomic E-state index is 11.8. The van der Waals surface area contributed by atoms with Gasteiger partial charge in [0, 0.05) is 6.08 Å². The average molecular weight is 258 g/mol. The normalized spacial score (nSPS) is 12.7. The van der Waals surface area contributed by atoms with Crippen LogP contribution in [0.1, 0.15) is 33.6 Å². The van der Waals surface area contributed by atoms with Crippen LogP contribution >= 0.6 is 0 Å². The average Bonchev–Trinajstić information content (AvgIpc) is 2.40. The Kier molecular flexibility index (Phi) is 7.27. The molecule has 0 aliphatic carbocycles. The summed E-state index contributed by atoms with van der Waals surface area (Å²) < 4.78 is 9.64. The zero-order chi connectivity index (χ0) is 14.2. The van der Waals surface area contributed by atoms with Crippen molar-refractivity contribution >= 4 is 11.9 Å². The van der Waals surface area contributed by atoms with E-state index < -0.39 is 17.5 Å². The van der Waals surface area contributed by atoms with Crippen molar-refractivity contribution in [3.05, 3.63) is 12.7 Å². The van der Waals surface area contributed by atoms with Gasteiger partial charge in [-0.2, -0.15) is 0 Å². The van der Waals surface area contributed by atoms with E-state index in [1.54, 1.807) is 0 Å². The Hall–Kier alpha value is -1.36. The van der Waals surface area contributed by atoms with Crippen molar-refractivity contribution in [2.24, 2.45) is 5.41 Å². The van der Waals surface area contributed by atoms with Crippen LogP contribution in [-0.2, 0) is 19.1 Å². The first kappa shape index (κ1) is 16.6. The largest absolute Gasteiger partial charge is 0.462 e. The highest BCUT2D eigenvalue weighted by molar-refractivity contribution is 5.81. The number of hydrogen-bond donors (Lipinski definition) is 1. The highest BCUT2D eigenvalue weighted by Gasteiger charge is 2.31. The van der Waals surface area contributed by atoms with E-state index in [9.17, 15) is 14.7 Å².